The maximum absolute atomic E-state index is 12.2. The molecule has 25 heavy (non-hydrogen) atoms. The Morgan fingerprint density at radius 1 is 1.28 bits per heavy atom. The first-order valence-corrected chi connectivity index (χ1v) is 10.6. The minimum Gasteiger partial charge on any atom is -0.358 e. The summed E-state index contributed by atoms with van der Waals surface area (Å²) in [6, 6.07) is 2.35. The molecule has 0 spiro atoms. The van der Waals surface area contributed by atoms with Gasteiger partial charge in [0, 0.05) is 22.4 Å². The number of hydrogen-bond acceptors (Lipinski definition) is 5. The summed E-state index contributed by atoms with van der Waals surface area (Å²) in [5.41, 5.74) is 6.85. The molecular weight excluding hydrogens is 372 g/mol. The van der Waals surface area contributed by atoms with Gasteiger partial charge in [-0.05, 0) is 41.9 Å². The van der Waals surface area contributed by atoms with Gasteiger partial charge in [-0.15, -0.1) is 11.3 Å². The van der Waals surface area contributed by atoms with Gasteiger partial charge in [-0.1, -0.05) is 26.7 Å². The first kappa shape index (κ1) is 18.3. The topological polar surface area (TPSA) is 66.0 Å². The van der Waals surface area contributed by atoms with Crippen molar-refractivity contribution in [3.8, 4) is 10.6 Å². The molecule has 2 heterocycles. The Hall–Kier alpha value is -1.51. The van der Waals surface area contributed by atoms with E-state index in [2.05, 4.69) is 35.0 Å². The number of thiophene rings is 1. The molecule has 1 amide bonds. The maximum atomic E-state index is 12.2. The van der Waals surface area contributed by atoms with Gasteiger partial charge in [0.05, 0.1) is 0 Å². The second-order valence-corrected chi connectivity index (χ2v) is 8.52. The van der Waals surface area contributed by atoms with Gasteiger partial charge in [-0.25, -0.2) is 4.98 Å². The van der Waals surface area contributed by atoms with E-state index in [9.17, 15) is 4.79 Å². The molecule has 3 rings (SSSR count). The highest BCUT2D eigenvalue weighted by atomic mass is 32.1. The summed E-state index contributed by atoms with van der Waals surface area (Å²) in [5, 5.41) is 10.4. The Bertz CT molecular complexity index is 728. The molecule has 0 aliphatic heterocycles. The van der Waals surface area contributed by atoms with Crippen molar-refractivity contribution in [3.63, 3.8) is 0 Å². The molecule has 1 fully saturated rings. The van der Waals surface area contributed by atoms with Crippen LogP contribution in [0, 0.1) is 11.8 Å². The molecule has 1 aliphatic carbocycles. The summed E-state index contributed by atoms with van der Waals surface area (Å²) < 4.78 is 0. The number of thiazole rings is 1. The predicted molar refractivity (Wildman–Crippen MR) is 108 cm³/mol. The molecule has 0 unspecified atom stereocenters. The highest BCUT2D eigenvalue weighted by Crippen LogP contribution is 2.29. The number of hydrazine groups is 1. The Balaban J connectivity index is 1.49. The average Bonchev–Trinajstić information content (AvgIpc) is 3.27. The zero-order valence-electron chi connectivity index (χ0n) is 14.2. The summed E-state index contributed by atoms with van der Waals surface area (Å²) in [4.78, 5) is 16.6. The van der Waals surface area contributed by atoms with Crippen LogP contribution in [0.25, 0.3) is 10.6 Å². The molecule has 134 valence electrons. The van der Waals surface area contributed by atoms with Crippen LogP contribution < -0.4 is 16.2 Å². The highest BCUT2D eigenvalue weighted by Gasteiger charge is 2.27. The summed E-state index contributed by atoms with van der Waals surface area (Å²) in [6.45, 7) is 4.54. The zero-order chi connectivity index (χ0) is 17.8. The van der Waals surface area contributed by atoms with E-state index >= 15 is 0 Å². The molecule has 2 aromatic heterocycles. The van der Waals surface area contributed by atoms with Crippen molar-refractivity contribution < 1.29 is 4.79 Å². The second-order valence-electron chi connectivity index (χ2n) is 6.48. The summed E-state index contributed by atoms with van der Waals surface area (Å²) >= 11 is 8.38. The fourth-order valence-corrected chi connectivity index (χ4v) is 4.78. The summed E-state index contributed by atoms with van der Waals surface area (Å²) in [7, 11) is 0. The number of carbonyl (C=O) groups is 1. The molecule has 3 atom stereocenters. The number of nitrogens with zero attached hydrogens (tertiary/aromatic N) is 1. The first-order chi connectivity index (χ1) is 12.0. The lowest BCUT2D eigenvalue weighted by Crippen LogP contribution is -2.52. The lowest BCUT2D eigenvalue weighted by atomic mass is 9.78. The Labute approximate surface area is 161 Å². The van der Waals surface area contributed by atoms with E-state index in [1.807, 2.05) is 16.8 Å². The molecule has 8 heteroatoms. The van der Waals surface area contributed by atoms with Gasteiger partial charge < -0.3 is 5.32 Å². The Morgan fingerprint density at radius 3 is 2.88 bits per heavy atom. The van der Waals surface area contributed by atoms with Crippen LogP contribution >= 0.6 is 34.9 Å². The fraction of sp³-hybridized carbons (Fsp3) is 0.471. The van der Waals surface area contributed by atoms with Crippen LogP contribution in [0.15, 0.2) is 22.2 Å². The highest BCUT2D eigenvalue weighted by molar-refractivity contribution is 7.80. The minimum atomic E-state index is -0.285. The van der Waals surface area contributed by atoms with Gasteiger partial charge in [-0.2, -0.15) is 11.3 Å². The molecule has 0 radical (unpaired) electrons. The maximum Gasteiger partial charge on any atom is 0.289 e. The molecule has 1 aliphatic rings. The van der Waals surface area contributed by atoms with Crippen molar-refractivity contribution in [3.05, 3.63) is 27.9 Å². The van der Waals surface area contributed by atoms with Crippen molar-refractivity contribution in [2.24, 2.45) is 11.8 Å². The van der Waals surface area contributed by atoms with Crippen LogP contribution in [0.5, 0.6) is 0 Å². The van der Waals surface area contributed by atoms with E-state index in [-0.39, 0.29) is 5.91 Å². The number of hydrogen-bond donors (Lipinski definition) is 3. The van der Waals surface area contributed by atoms with Crippen LogP contribution in [-0.2, 0) is 0 Å². The summed E-state index contributed by atoms with van der Waals surface area (Å²) in [6.07, 6.45) is 3.59. The second kappa shape index (κ2) is 8.25. The van der Waals surface area contributed by atoms with Crippen LogP contribution in [0.3, 0.4) is 0 Å². The third-order valence-corrected chi connectivity index (χ3v) is 6.61. The van der Waals surface area contributed by atoms with Crippen molar-refractivity contribution in [2.45, 2.75) is 39.2 Å². The van der Waals surface area contributed by atoms with Crippen molar-refractivity contribution in [1.29, 1.82) is 0 Å². The largest absolute Gasteiger partial charge is 0.358 e. The van der Waals surface area contributed by atoms with Crippen LogP contribution in [-0.4, -0.2) is 22.0 Å². The van der Waals surface area contributed by atoms with Gasteiger partial charge in [0.2, 0.25) is 0 Å². The van der Waals surface area contributed by atoms with Gasteiger partial charge in [0.1, 0.15) is 10.7 Å². The third kappa shape index (κ3) is 4.56. The van der Waals surface area contributed by atoms with Crippen LogP contribution in [0.2, 0.25) is 0 Å². The van der Waals surface area contributed by atoms with Gasteiger partial charge in [0.25, 0.3) is 5.91 Å². The van der Waals surface area contributed by atoms with Gasteiger partial charge in [-0.3, -0.25) is 15.6 Å². The quantitative estimate of drug-likeness (QED) is 0.546. The molecular formula is C17H22N4OS3. The number of rotatable bonds is 3. The minimum absolute atomic E-state index is 0.285. The number of thiocarbonyl (C=S) groups is 1. The smallest absolute Gasteiger partial charge is 0.289 e. The van der Waals surface area contributed by atoms with Crippen LogP contribution in [0.1, 0.15) is 43.6 Å². The summed E-state index contributed by atoms with van der Waals surface area (Å²) in [5.74, 6) is 0.969. The van der Waals surface area contributed by atoms with E-state index in [0.29, 0.717) is 28.7 Å². The molecule has 2 aromatic rings. The van der Waals surface area contributed by atoms with E-state index in [0.717, 1.165) is 17.0 Å². The monoisotopic (exact) mass is 394 g/mol. The average molecular weight is 395 g/mol. The number of carbonyl (C=O) groups excluding carboxylic acids is 1. The van der Waals surface area contributed by atoms with Crippen molar-refractivity contribution in [2.75, 3.05) is 0 Å². The number of nitrogens with one attached hydrogen (secondary N) is 3. The van der Waals surface area contributed by atoms with Gasteiger partial charge in [0.15, 0.2) is 5.11 Å². The number of amides is 1. The molecule has 3 N–H and O–H groups in total. The molecule has 0 aromatic carbocycles. The predicted octanol–water partition coefficient (Wildman–Crippen LogP) is 3.81. The van der Waals surface area contributed by atoms with E-state index in [1.165, 1.54) is 24.2 Å². The SMILES string of the molecule is C[C@@H]1[C@@H](C)CCC[C@H]1NC(=S)NNC(=O)c1csc(-c2ccsc2)n1. The standard InChI is InChI=1S/C17H22N4OS3/c1-10-4-3-5-13(11(10)2)19-17(23)21-20-15(22)14-9-25-16(18-14)12-6-7-24-8-12/h6-11,13H,3-5H2,1-2H3,(H,20,22)(H2,19,21,23)/t10-,11+,13+/m0/s1. The van der Waals surface area contributed by atoms with E-state index in [1.54, 1.807) is 16.7 Å². The van der Waals surface area contributed by atoms with E-state index < -0.39 is 0 Å². The Morgan fingerprint density at radius 2 is 2.12 bits per heavy atom. The van der Waals surface area contributed by atoms with Crippen LogP contribution in [0.4, 0.5) is 0 Å². The zero-order valence-corrected chi connectivity index (χ0v) is 16.7. The number of aromatic nitrogens is 1. The van der Waals surface area contributed by atoms with Crippen molar-refractivity contribution >= 4 is 45.9 Å². The van der Waals surface area contributed by atoms with Gasteiger partial charge >= 0.3 is 0 Å². The molecule has 1 saturated carbocycles. The molecule has 0 saturated heterocycles. The first-order valence-electron chi connectivity index (χ1n) is 8.39. The molecule has 0 bridgehead atoms. The van der Waals surface area contributed by atoms with E-state index in [4.69, 9.17) is 12.2 Å². The lowest BCUT2D eigenvalue weighted by molar-refractivity contribution is 0.0939. The molecule has 5 nitrogen and oxygen atoms in total. The Kier molecular flexibility index (Phi) is 6.03. The lowest BCUT2D eigenvalue weighted by Gasteiger charge is -2.35. The normalized spacial score (nSPS) is 23.0. The third-order valence-electron chi connectivity index (χ3n) is 4.82. The van der Waals surface area contributed by atoms with Crippen molar-refractivity contribution in [1.82, 2.24) is 21.2 Å². The fourth-order valence-electron chi connectivity index (χ4n) is 3.06.